The van der Waals surface area contributed by atoms with Crippen LogP contribution in [0.3, 0.4) is 0 Å². The quantitative estimate of drug-likeness (QED) is 0.644. The minimum atomic E-state index is 1.04. The molecule has 1 aliphatic heterocycles. The van der Waals surface area contributed by atoms with Gasteiger partial charge in [-0.15, -0.1) is 0 Å². The van der Waals surface area contributed by atoms with Gasteiger partial charge in [-0.25, -0.2) is 0 Å². The molecule has 1 nitrogen and oxygen atoms in total. The molecule has 0 aromatic heterocycles. The molecule has 1 heterocycles. The Hall–Kier alpha value is -0.0400. The van der Waals surface area contributed by atoms with Gasteiger partial charge in [-0.3, -0.25) is 0 Å². The van der Waals surface area contributed by atoms with Crippen molar-refractivity contribution in [2.45, 2.75) is 64.7 Å². The predicted molar refractivity (Wildman–Crippen MR) is 75.2 cm³/mol. The number of unbranched alkanes of at least 4 members (excludes halogenated alkanes) is 3. The Kier molecular flexibility index (Phi) is 5.34. The molecule has 0 aromatic carbocycles. The van der Waals surface area contributed by atoms with Crippen molar-refractivity contribution in [3.63, 3.8) is 0 Å². The van der Waals surface area contributed by atoms with Gasteiger partial charge in [-0.1, -0.05) is 58.3 Å². The average Bonchev–Trinajstić information content (AvgIpc) is 2.59. The van der Waals surface area contributed by atoms with Gasteiger partial charge in [0.05, 0.1) is 0 Å². The van der Waals surface area contributed by atoms with Crippen LogP contribution in [0.25, 0.3) is 0 Å². The van der Waals surface area contributed by atoms with Crippen LogP contribution < -0.4 is 0 Å². The van der Waals surface area contributed by atoms with E-state index in [1.807, 2.05) is 0 Å². The van der Waals surface area contributed by atoms with Crippen LogP contribution in [0.5, 0.6) is 0 Å². The minimum Gasteiger partial charge on any atom is -0.306 e. The zero-order chi connectivity index (χ0) is 12.1. The third kappa shape index (κ3) is 3.71. The SMILES string of the molecule is CCCCCCC1CCCC[C@@H]2CN(C)C[C@H]12. The van der Waals surface area contributed by atoms with E-state index in [-0.39, 0.29) is 0 Å². The van der Waals surface area contributed by atoms with Crippen molar-refractivity contribution in [3.05, 3.63) is 0 Å². The molecule has 1 saturated heterocycles. The number of rotatable bonds is 5. The first kappa shape index (κ1) is 13.4. The number of hydrogen-bond donors (Lipinski definition) is 0. The van der Waals surface area contributed by atoms with Gasteiger partial charge in [-0.2, -0.15) is 0 Å². The van der Waals surface area contributed by atoms with Crippen molar-refractivity contribution in [1.82, 2.24) is 4.90 Å². The summed E-state index contributed by atoms with van der Waals surface area (Å²) in [6.07, 6.45) is 13.4. The molecule has 0 aromatic rings. The Morgan fingerprint density at radius 2 is 1.82 bits per heavy atom. The molecule has 3 atom stereocenters. The molecule has 1 heteroatoms. The first-order valence-electron chi connectivity index (χ1n) is 7.99. The molecule has 17 heavy (non-hydrogen) atoms. The highest BCUT2D eigenvalue weighted by Crippen LogP contribution is 2.40. The number of hydrogen-bond acceptors (Lipinski definition) is 1. The van der Waals surface area contributed by atoms with Crippen molar-refractivity contribution in [1.29, 1.82) is 0 Å². The summed E-state index contributed by atoms with van der Waals surface area (Å²) in [5, 5.41) is 0. The lowest BCUT2D eigenvalue weighted by Crippen LogP contribution is -2.21. The lowest BCUT2D eigenvalue weighted by atomic mass is 9.80. The van der Waals surface area contributed by atoms with Crippen molar-refractivity contribution in [2.75, 3.05) is 20.1 Å². The monoisotopic (exact) mass is 237 g/mol. The minimum absolute atomic E-state index is 1.04. The van der Waals surface area contributed by atoms with Gasteiger partial charge in [0.1, 0.15) is 0 Å². The number of likely N-dealkylation sites (tertiary alicyclic amines) is 1. The molecule has 2 aliphatic rings. The average molecular weight is 237 g/mol. The van der Waals surface area contributed by atoms with Gasteiger partial charge in [0.2, 0.25) is 0 Å². The van der Waals surface area contributed by atoms with E-state index in [1.165, 1.54) is 70.9 Å². The highest BCUT2D eigenvalue weighted by atomic mass is 15.1. The lowest BCUT2D eigenvalue weighted by molar-refractivity contribution is 0.257. The maximum atomic E-state index is 2.58. The number of fused-ring (bicyclic) bond motifs is 1. The molecule has 0 spiro atoms. The second kappa shape index (κ2) is 6.78. The molecule has 2 fully saturated rings. The molecule has 100 valence electrons. The molecule has 1 unspecified atom stereocenters. The highest BCUT2D eigenvalue weighted by Gasteiger charge is 2.36. The van der Waals surface area contributed by atoms with Gasteiger partial charge >= 0.3 is 0 Å². The fraction of sp³-hybridized carbons (Fsp3) is 1.00. The summed E-state index contributed by atoms with van der Waals surface area (Å²) in [7, 11) is 2.32. The highest BCUT2D eigenvalue weighted by molar-refractivity contribution is 4.88. The molecular formula is C16H31N. The second-order valence-electron chi connectivity index (χ2n) is 6.54. The topological polar surface area (TPSA) is 3.24 Å². The molecule has 2 rings (SSSR count). The van der Waals surface area contributed by atoms with Crippen molar-refractivity contribution < 1.29 is 0 Å². The fourth-order valence-electron chi connectivity index (χ4n) is 4.18. The van der Waals surface area contributed by atoms with Gasteiger partial charge in [-0.05, 0) is 31.2 Å². The summed E-state index contributed by atoms with van der Waals surface area (Å²) in [6, 6.07) is 0. The first-order valence-corrected chi connectivity index (χ1v) is 7.99. The molecule has 0 bridgehead atoms. The summed E-state index contributed by atoms with van der Waals surface area (Å²) in [5.74, 6) is 3.15. The second-order valence-corrected chi connectivity index (χ2v) is 6.54. The van der Waals surface area contributed by atoms with Gasteiger partial charge in [0, 0.05) is 13.1 Å². The zero-order valence-electron chi connectivity index (χ0n) is 12.0. The maximum absolute atomic E-state index is 2.58. The van der Waals surface area contributed by atoms with Crippen LogP contribution in [0.2, 0.25) is 0 Å². The maximum Gasteiger partial charge on any atom is 0.00125 e. The van der Waals surface area contributed by atoms with Crippen LogP contribution in [0.1, 0.15) is 64.7 Å². The summed E-state index contributed by atoms with van der Waals surface area (Å²) in [6.45, 7) is 5.09. The fourth-order valence-corrected chi connectivity index (χ4v) is 4.18. The summed E-state index contributed by atoms with van der Waals surface area (Å²) in [4.78, 5) is 2.58. The van der Waals surface area contributed by atoms with E-state index >= 15 is 0 Å². The molecule has 1 aliphatic carbocycles. The van der Waals surface area contributed by atoms with E-state index in [4.69, 9.17) is 0 Å². The Balaban J connectivity index is 1.81. The number of nitrogens with zero attached hydrogens (tertiary/aromatic N) is 1. The van der Waals surface area contributed by atoms with Crippen LogP contribution in [0.4, 0.5) is 0 Å². The van der Waals surface area contributed by atoms with E-state index in [9.17, 15) is 0 Å². The van der Waals surface area contributed by atoms with Crippen LogP contribution in [-0.2, 0) is 0 Å². The van der Waals surface area contributed by atoms with E-state index in [0.717, 1.165) is 17.8 Å². The normalized spacial score (nSPS) is 34.6. The Morgan fingerprint density at radius 3 is 2.65 bits per heavy atom. The van der Waals surface area contributed by atoms with Crippen molar-refractivity contribution in [2.24, 2.45) is 17.8 Å². The smallest absolute Gasteiger partial charge is 0.00125 e. The van der Waals surface area contributed by atoms with E-state index in [1.54, 1.807) is 0 Å². The summed E-state index contributed by atoms with van der Waals surface area (Å²) in [5.41, 5.74) is 0. The van der Waals surface area contributed by atoms with Crippen molar-refractivity contribution >= 4 is 0 Å². The van der Waals surface area contributed by atoms with E-state index in [0.29, 0.717) is 0 Å². The first-order chi connectivity index (χ1) is 8.31. The third-order valence-electron chi connectivity index (χ3n) is 5.11. The molecule has 0 radical (unpaired) electrons. The Morgan fingerprint density at radius 1 is 1.00 bits per heavy atom. The zero-order valence-corrected chi connectivity index (χ0v) is 12.0. The van der Waals surface area contributed by atoms with Crippen LogP contribution in [0.15, 0.2) is 0 Å². The van der Waals surface area contributed by atoms with E-state index in [2.05, 4.69) is 18.9 Å². The van der Waals surface area contributed by atoms with E-state index < -0.39 is 0 Å². The molecule has 0 amide bonds. The van der Waals surface area contributed by atoms with Crippen LogP contribution in [0, 0.1) is 17.8 Å². The van der Waals surface area contributed by atoms with Gasteiger partial charge in [0.15, 0.2) is 0 Å². The summed E-state index contributed by atoms with van der Waals surface area (Å²) >= 11 is 0. The molecular weight excluding hydrogens is 206 g/mol. The van der Waals surface area contributed by atoms with Crippen LogP contribution in [-0.4, -0.2) is 25.0 Å². The lowest BCUT2D eigenvalue weighted by Gasteiger charge is -2.25. The summed E-state index contributed by atoms with van der Waals surface area (Å²) < 4.78 is 0. The van der Waals surface area contributed by atoms with Gasteiger partial charge < -0.3 is 4.90 Å². The largest absolute Gasteiger partial charge is 0.306 e. The van der Waals surface area contributed by atoms with Crippen LogP contribution >= 0.6 is 0 Å². The molecule has 1 saturated carbocycles. The Bertz CT molecular complexity index is 214. The predicted octanol–water partition coefficient (Wildman–Crippen LogP) is 4.32. The third-order valence-corrected chi connectivity index (χ3v) is 5.11. The molecule has 0 N–H and O–H groups in total. The standard InChI is InChI=1S/C16H31N/c1-3-4-5-6-9-14-10-7-8-11-15-12-17(2)13-16(14)15/h14-16H,3-13H2,1-2H3/t14?,15-,16-/m1/s1. The van der Waals surface area contributed by atoms with Crippen molar-refractivity contribution in [3.8, 4) is 0 Å². The Labute approximate surface area is 108 Å². The van der Waals surface area contributed by atoms with Gasteiger partial charge in [0.25, 0.3) is 0 Å².